The minimum atomic E-state index is -0.164. The van der Waals surface area contributed by atoms with E-state index in [4.69, 9.17) is 20.9 Å². The van der Waals surface area contributed by atoms with Crippen molar-refractivity contribution < 1.29 is 14.3 Å². The summed E-state index contributed by atoms with van der Waals surface area (Å²) in [6.45, 7) is 5.15. The smallest absolute Gasteiger partial charge is 0.230 e. The Bertz CT molecular complexity index is 812. The molecule has 144 valence electrons. The number of ether oxygens (including phenoxy) is 2. The topological polar surface area (TPSA) is 138 Å². The quantitative estimate of drug-likeness (QED) is 0.625. The van der Waals surface area contributed by atoms with Gasteiger partial charge in [-0.3, -0.25) is 4.79 Å². The maximum atomic E-state index is 12.4. The molecule has 0 bridgehead atoms. The fourth-order valence-electron chi connectivity index (χ4n) is 2.69. The third-order valence-electron chi connectivity index (χ3n) is 3.89. The first-order chi connectivity index (χ1) is 12.9. The number of rotatable bonds is 6. The van der Waals surface area contributed by atoms with Crippen LogP contribution in [0.25, 0.3) is 0 Å². The van der Waals surface area contributed by atoms with Crippen molar-refractivity contribution in [1.29, 1.82) is 0 Å². The highest BCUT2D eigenvalue weighted by Crippen LogP contribution is 2.34. The van der Waals surface area contributed by atoms with Gasteiger partial charge in [-0.2, -0.15) is 15.0 Å². The van der Waals surface area contributed by atoms with Crippen LogP contribution in [0.2, 0.25) is 0 Å². The number of aromatic nitrogens is 3. The van der Waals surface area contributed by atoms with E-state index < -0.39 is 0 Å². The molecular weight excluding hydrogens is 368 g/mol. The molecule has 2 heterocycles. The summed E-state index contributed by atoms with van der Waals surface area (Å²) in [5.74, 6) is 1.65. The highest BCUT2D eigenvalue weighted by molar-refractivity contribution is 7.99. The van der Waals surface area contributed by atoms with Crippen molar-refractivity contribution in [3.8, 4) is 11.5 Å². The van der Waals surface area contributed by atoms with Gasteiger partial charge in [0.05, 0.1) is 11.8 Å². The van der Waals surface area contributed by atoms with Crippen molar-refractivity contribution in [3.05, 3.63) is 23.8 Å². The highest BCUT2D eigenvalue weighted by atomic mass is 32.2. The molecule has 0 saturated carbocycles. The number of hydrogen-bond donors (Lipinski definition) is 3. The molecule has 5 N–H and O–H groups in total. The second-order valence-corrected chi connectivity index (χ2v) is 7.26. The van der Waals surface area contributed by atoms with Gasteiger partial charge in [-0.1, -0.05) is 31.7 Å². The van der Waals surface area contributed by atoms with Gasteiger partial charge in [0.15, 0.2) is 16.7 Å². The minimum absolute atomic E-state index is 0.0294. The Hall–Kier alpha value is -2.75. The molecule has 27 heavy (non-hydrogen) atoms. The van der Waals surface area contributed by atoms with Gasteiger partial charge in [-0.15, -0.1) is 0 Å². The zero-order valence-corrected chi connectivity index (χ0v) is 16.0. The largest absolute Gasteiger partial charge is 0.486 e. The van der Waals surface area contributed by atoms with Crippen LogP contribution in [0.3, 0.4) is 0 Å². The zero-order chi connectivity index (χ0) is 19.4. The van der Waals surface area contributed by atoms with Crippen molar-refractivity contribution in [2.45, 2.75) is 25.0 Å². The van der Waals surface area contributed by atoms with Crippen molar-refractivity contribution >= 4 is 29.6 Å². The molecule has 1 aromatic heterocycles. The Morgan fingerprint density at radius 1 is 1.15 bits per heavy atom. The molecule has 2 aromatic rings. The summed E-state index contributed by atoms with van der Waals surface area (Å²) < 4.78 is 11.2. The first kappa shape index (κ1) is 19.0. The molecule has 1 amide bonds. The molecule has 0 aliphatic carbocycles. The number of carbonyl (C=O) groups excluding carboxylic acids is 1. The lowest BCUT2D eigenvalue weighted by Gasteiger charge is -2.25. The van der Waals surface area contributed by atoms with Crippen molar-refractivity contribution in [2.75, 3.05) is 30.4 Å². The van der Waals surface area contributed by atoms with E-state index in [1.54, 1.807) is 0 Å². The van der Waals surface area contributed by atoms with Gasteiger partial charge >= 0.3 is 0 Å². The molecule has 1 aromatic carbocycles. The summed E-state index contributed by atoms with van der Waals surface area (Å²) in [5, 5.41) is 3.36. The average Bonchev–Trinajstić information content (AvgIpc) is 2.63. The van der Waals surface area contributed by atoms with Crippen LogP contribution >= 0.6 is 11.8 Å². The summed E-state index contributed by atoms with van der Waals surface area (Å²) in [5.41, 5.74) is 12.0. The maximum absolute atomic E-state index is 12.4. The van der Waals surface area contributed by atoms with Crippen LogP contribution in [0.4, 0.5) is 11.9 Å². The Morgan fingerprint density at radius 3 is 2.48 bits per heavy atom. The molecule has 0 radical (unpaired) electrons. The number of carbonyl (C=O) groups is 1. The molecule has 1 atom stereocenters. The lowest BCUT2D eigenvalue weighted by Crippen LogP contribution is -2.33. The lowest BCUT2D eigenvalue weighted by atomic mass is 9.95. The zero-order valence-electron chi connectivity index (χ0n) is 15.1. The predicted octanol–water partition coefficient (Wildman–Crippen LogP) is 1.41. The van der Waals surface area contributed by atoms with E-state index in [0.717, 1.165) is 23.1 Å². The van der Waals surface area contributed by atoms with Gasteiger partial charge < -0.3 is 26.3 Å². The number of nitrogen functional groups attached to an aromatic ring is 2. The standard InChI is InChI=1S/C17H22N6O3S/c1-9(2)14(10-3-4-11-12(7-10)26-6-5-25-11)20-13(24)8-27-17-22-15(18)21-16(19)23-17/h3-4,7,9,14H,5-6,8H2,1-2H3,(H,20,24)(H4,18,19,21,22,23)/t14-/m1/s1. The van der Waals surface area contributed by atoms with Crippen LogP contribution in [-0.2, 0) is 4.79 Å². The minimum Gasteiger partial charge on any atom is -0.486 e. The van der Waals surface area contributed by atoms with Crippen molar-refractivity contribution in [2.24, 2.45) is 5.92 Å². The number of amides is 1. The molecule has 10 heteroatoms. The van der Waals surface area contributed by atoms with E-state index >= 15 is 0 Å². The van der Waals surface area contributed by atoms with Gasteiger partial charge in [0.2, 0.25) is 17.8 Å². The SMILES string of the molecule is CC(C)[C@@H](NC(=O)CSc1nc(N)nc(N)n1)c1ccc2c(c1)OCCO2. The van der Waals surface area contributed by atoms with E-state index in [-0.39, 0.29) is 35.5 Å². The number of thioether (sulfide) groups is 1. The van der Waals surface area contributed by atoms with Crippen LogP contribution in [0, 0.1) is 5.92 Å². The molecule has 3 rings (SSSR count). The van der Waals surface area contributed by atoms with Crippen molar-refractivity contribution in [1.82, 2.24) is 20.3 Å². The van der Waals surface area contributed by atoms with Gasteiger partial charge in [0, 0.05) is 0 Å². The molecule has 1 aliphatic heterocycles. The van der Waals surface area contributed by atoms with Crippen LogP contribution < -0.4 is 26.3 Å². The van der Waals surface area contributed by atoms with E-state index in [1.807, 2.05) is 32.0 Å². The molecule has 0 fully saturated rings. The Kier molecular flexibility index (Phi) is 5.84. The summed E-state index contributed by atoms with van der Waals surface area (Å²) in [6, 6.07) is 5.57. The summed E-state index contributed by atoms with van der Waals surface area (Å²) in [6.07, 6.45) is 0. The van der Waals surface area contributed by atoms with Crippen molar-refractivity contribution in [3.63, 3.8) is 0 Å². The van der Waals surface area contributed by atoms with Gasteiger partial charge in [-0.05, 0) is 23.6 Å². The Labute approximate surface area is 161 Å². The number of fused-ring (bicyclic) bond motifs is 1. The van der Waals surface area contributed by atoms with Gasteiger partial charge in [0.1, 0.15) is 13.2 Å². The second kappa shape index (κ2) is 8.30. The molecule has 0 saturated heterocycles. The van der Waals surface area contributed by atoms with E-state index in [9.17, 15) is 4.79 Å². The fraction of sp³-hybridized carbons (Fsp3) is 0.412. The summed E-state index contributed by atoms with van der Waals surface area (Å²) in [7, 11) is 0. The highest BCUT2D eigenvalue weighted by Gasteiger charge is 2.21. The number of nitrogens with zero attached hydrogens (tertiary/aromatic N) is 3. The predicted molar refractivity (Wildman–Crippen MR) is 103 cm³/mol. The molecule has 0 unspecified atom stereocenters. The number of hydrogen-bond acceptors (Lipinski definition) is 9. The van der Waals surface area contributed by atoms with Crippen LogP contribution in [0.1, 0.15) is 25.5 Å². The van der Waals surface area contributed by atoms with Gasteiger partial charge in [-0.25, -0.2) is 0 Å². The van der Waals surface area contributed by atoms with Crippen LogP contribution in [0.5, 0.6) is 11.5 Å². The first-order valence-electron chi connectivity index (χ1n) is 8.51. The fourth-order valence-corrected chi connectivity index (χ4v) is 3.35. The van der Waals surface area contributed by atoms with E-state index in [2.05, 4.69) is 20.3 Å². The second-order valence-electron chi connectivity index (χ2n) is 6.32. The third kappa shape index (κ3) is 4.91. The molecular formula is C17H22N6O3S. The lowest BCUT2D eigenvalue weighted by molar-refractivity contribution is -0.119. The Balaban J connectivity index is 1.66. The van der Waals surface area contributed by atoms with Crippen LogP contribution in [-0.4, -0.2) is 39.8 Å². The number of anilines is 2. The molecule has 9 nitrogen and oxygen atoms in total. The first-order valence-corrected chi connectivity index (χ1v) is 9.49. The Morgan fingerprint density at radius 2 is 1.81 bits per heavy atom. The monoisotopic (exact) mass is 390 g/mol. The van der Waals surface area contributed by atoms with E-state index in [0.29, 0.717) is 24.1 Å². The number of nitrogens with one attached hydrogen (secondary N) is 1. The number of nitrogens with two attached hydrogens (primary N) is 2. The summed E-state index contributed by atoms with van der Waals surface area (Å²) >= 11 is 1.15. The summed E-state index contributed by atoms with van der Waals surface area (Å²) in [4.78, 5) is 24.1. The third-order valence-corrected chi connectivity index (χ3v) is 4.74. The number of benzene rings is 1. The molecule has 1 aliphatic rings. The van der Waals surface area contributed by atoms with E-state index in [1.165, 1.54) is 0 Å². The molecule has 0 spiro atoms. The van der Waals surface area contributed by atoms with Crippen LogP contribution in [0.15, 0.2) is 23.4 Å². The maximum Gasteiger partial charge on any atom is 0.230 e. The van der Waals surface area contributed by atoms with Gasteiger partial charge in [0.25, 0.3) is 0 Å². The average molecular weight is 390 g/mol. The normalized spacial score (nSPS) is 14.0.